The summed E-state index contributed by atoms with van der Waals surface area (Å²) < 4.78 is 0. The summed E-state index contributed by atoms with van der Waals surface area (Å²) in [4.78, 5) is 29.8. The molecule has 5 heteroatoms. The molecule has 0 fully saturated rings. The van der Waals surface area contributed by atoms with E-state index in [4.69, 9.17) is 0 Å². The van der Waals surface area contributed by atoms with E-state index in [9.17, 15) is 9.59 Å². The van der Waals surface area contributed by atoms with Gasteiger partial charge in [-0.25, -0.2) is 4.98 Å². The maximum atomic E-state index is 11.9. The molecule has 2 aromatic rings. The molecule has 124 valence electrons. The Hall–Kier alpha value is -2.69. The Kier molecular flexibility index (Phi) is 4.60. The highest BCUT2D eigenvalue weighted by Gasteiger charge is 2.18. The Morgan fingerprint density at radius 2 is 1.88 bits per heavy atom. The second kappa shape index (κ2) is 6.83. The first-order chi connectivity index (χ1) is 11.5. The fraction of sp³-hybridized carbons (Fsp3) is 0.316. The third kappa shape index (κ3) is 3.45. The van der Waals surface area contributed by atoms with Gasteiger partial charge in [0.1, 0.15) is 5.82 Å². The van der Waals surface area contributed by atoms with Crippen LogP contribution in [0.1, 0.15) is 44.8 Å². The second-order valence-electron chi connectivity index (χ2n) is 6.22. The van der Waals surface area contributed by atoms with Gasteiger partial charge in [-0.15, -0.1) is 0 Å². The van der Waals surface area contributed by atoms with Gasteiger partial charge in [-0.1, -0.05) is 12.1 Å². The summed E-state index contributed by atoms with van der Waals surface area (Å²) in [7, 11) is 3.48. The summed E-state index contributed by atoms with van der Waals surface area (Å²) in [6.45, 7) is 0.621. The van der Waals surface area contributed by atoms with Gasteiger partial charge >= 0.3 is 0 Å². The lowest BCUT2D eigenvalue weighted by Gasteiger charge is -2.15. The minimum absolute atomic E-state index is 0.00414. The van der Waals surface area contributed by atoms with Crippen molar-refractivity contribution >= 4 is 17.5 Å². The molecule has 0 aliphatic heterocycles. The monoisotopic (exact) mass is 323 g/mol. The number of aryl methyl sites for hydroxylation is 1. The average Bonchev–Trinajstić information content (AvgIpc) is 2.60. The highest BCUT2D eigenvalue weighted by Crippen LogP contribution is 2.21. The van der Waals surface area contributed by atoms with Gasteiger partial charge in [-0.3, -0.25) is 9.59 Å². The van der Waals surface area contributed by atoms with E-state index in [2.05, 4.69) is 10.3 Å². The molecular weight excluding hydrogens is 302 g/mol. The Bertz CT molecular complexity index is 767. The minimum atomic E-state index is -0.00414. The van der Waals surface area contributed by atoms with Gasteiger partial charge in [-0.2, -0.15) is 0 Å². The van der Waals surface area contributed by atoms with Gasteiger partial charge in [0, 0.05) is 38.2 Å². The van der Waals surface area contributed by atoms with Crippen LogP contribution in [-0.2, 0) is 13.0 Å². The summed E-state index contributed by atoms with van der Waals surface area (Å²) in [5, 5.41) is 3.28. The topological polar surface area (TPSA) is 62.3 Å². The molecular formula is C19H21N3O2. The molecule has 1 aromatic carbocycles. The summed E-state index contributed by atoms with van der Waals surface area (Å²) in [5.74, 6) is 0.962. The van der Waals surface area contributed by atoms with Crippen LogP contribution in [-0.4, -0.2) is 35.7 Å². The highest BCUT2D eigenvalue weighted by atomic mass is 16.2. The summed E-state index contributed by atoms with van der Waals surface area (Å²) >= 11 is 0. The van der Waals surface area contributed by atoms with E-state index in [1.165, 1.54) is 0 Å². The largest absolute Gasteiger partial charge is 0.366 e. The maximum Gasteiger partial charge on any atom is 0.253 e. The molecule has 3 rings (SSSR count). The molecule has 0 unspecified atom stereocenters. The predicted molar refractivity (Wildman–Crippen MR) is 93.3 cm³/mol. The molecule has 1 aliphatic carbocycles. The number of carbonyl (C=O) groups excluding carboxylic acids is 2. The van der Waals surface area contributed by atoms with Crippen molar-refractivity contribution in [2.75, 3.05) is 19.4 Å². The van der Waals surface area contributed by atoms with E-state index in [1.54, 1.807) is 19.0 Å². The Labute approximate surface area is 141 Å². The van der Waals surface area contributed by atoms with Crippen molar-refractivity contribution < 1.29 is 9.59 Å². The van der Waals surface area contributed by atoms with Crippen LogP contribution in [0.4, 0.5) is 5.82 Å². The average molecular weight is 323 g/mol. The SMILES string of the molecule is CN(C)C(=O)c1ccc(CNc2ccc3c(n2)CCCC3=O)cc1. The number of amides is 1. The Morgan fingerprint density at radius 3 is 2.58 bits per heavy atom. The first-order valence-corrected chi connectivity index (χ1v) is 8.12. The number of fused-ring (bicyclic) bond motifs is 1. The lowest BCUT2D eigenvalue weighted by Crippen LogP contribution is -2.21. The molecule has 1 aliphatic rings. The van der Waals surface area contributed by atoms with Crippen LogP contribution in [0, 0.1) is 0 Å². The van der Waals surface area contributed by atoms with E-state index in [-0.39, 0.29) is 11.7 Å². The molecule has 24 heavy (non-hydrogen) atoms. The summed E-state index contributed by atoms with van der Waals surface area (Å²) in [6.07, 6.45) is 2.36. The lowest BCUT2D eigenvalue weighted by atomic mass is 9.95. The summed E-state index contributed by atoms with van der Waals surface area (Å²) in [6, 6.07) is 11.3. The van der Waals surface area contributed by atoms with Crippen LogP contribution in [0.15, 0.2) is 36.4 Å². The van der Waals surface area contributed by atoms with Crippen molar-refractivity contribution in [3.8, 4) is 0 Å². The number of ketones is 1. The van der Waals surface area contributed by atoms with Crippen molar-refractivity contribution in [3.05, 3.63) is 58.8 Å². The van der Waals surface area contributed by atoms with Crippen LogP contribution >= 0.6 is 0 Å². The zero-order valence-corrected chi connectivity index (χ0v) is 14.0. The van der Waals surface area contributed by atoms with Gasteiger partial charge < -0.3 is 10.2 Å². The van der Waals surface area contributed by atoms with Crippen molar-refractivity contribution in [1.29, 1.82) is 0 Å². The number of carbonyl (C=O) groups is 2. The molecule has 1 N–H and O–H groups in total. The molecule has 1 heterocycles. The number of Topliss-reactive ketones (excluding diaryl/α,β-unsaturated/α-hetero) is 1. The fourth-order valence-electron chi connectivity index (χ4n) is 2.81. The quantitative estimate of drug-likeness (QED) is 0.940. The number of rotatable bonds is 4. The van der Waals surface area contributed by atoms with E-state index < -0.39 is 0 Å². The third-order valence-electron chi connectivity index (χ3n) is 4.17. The minimum Gasteiger partial charge on any atom is -0.366 e. The number of benzene rings is 1. The summed E-state index contributed by atoms with van der Waals surface area (Å²) in [5.41, 5.74) is 3.40. The van der Waals surface area contributed by atoms with Gasteiger partial charge in [0.15, 0.2) is 5.78 Å². The number of hydrogen-bond acceptors (Lipinski definition) is 4. The number of pyridine rings is 1. The molecule has 5 nitrogen and oxygen atoms in total. The lowest BCUT2D eigenvalue weighted by molar-refractivity contribution is 0.0827. The first kappa shape index (κ1) is 16.2. The highest BCUT2D eigenvalue weighted by molar-refractivity contribution is 5.98. The standard InChI is InChI=1S/C19H21N3O2/c1-22(2)19(24)14-8-6-13(7-9-14)12-20-18-11-10-15-16(21-18)4-3-5-17(15)23/h6-11H,3-5,12H2,1-2H3,(H,20,21). The molecule has 0 radical (unpaired) electrons. The van der Waals surface area contributed by atoms with Crippen LogP contribution in [0.5, 0.6) is 0 Å². The smallest absolute Gasteiger partial charge is 0.253 e. The molecule has 0 saturated heterocycles. The van der Waals surface area contributed by atoms with Crippen molar-refractivity contribution in [3.63, 3.8) is 0 Å². The van der Waals surface area contributed by atoms with E-state index >= 15 is 0 Å². The van der Waals surface area contributed by atoms with E-state index in [0.29, 0.717) is 18.5 Å². The Balaban J connectivity index is 1.66. The van der Waals surface area contributed by atoms with Gasteiger partial charge in [0.2, 0.25) is 0 Å². The number of anilines is 1. The van der Waals surface area contributed by atoms with Gasteiger partial charge in [-0.05, 0) is 42.7 Å². The number of nitrogens with zero attached hydrogens (tertiary/aromatic N) is 2. The first-order valence-electron chi connectivity index (χ1n) is 8.12. The van der Waals surface area contributed by atoms with Gasteiger partial charge in [0.25, 0.3) is 5.91 Å². The maximum absolute atomic E-state index is 11.9. The van der Waals surface area contributed by atoms with Crippen LogP contribution < -0.4 is 5.32 Å². The van der Waals surface area contributed by atoms with E-state index in [0.717, 1.165) is 35.5 Å². The van der Waals surface area contributed by atoms with Crippen molar-refractivity contribution in [2.24, 2.45) is 0 Å². The molecule has 0 atom stereocenters. The van der Waals surface area contributed by atoms with Crippen molar-refractivity contribution in [1.82, 2.24) is 9.88 Å². The van der Waals surface area contributed by atoms with Gasteiger partial charge in [0.05, 0.1) is 5.69 Å². The molecule has 1 aromatic heterocycles. The van der Waals surface area contributed by atoms with Crippen molar-refractivity contribution in [2.45, 2.75) is 25.8 Å². The number of nitrogens with one attached hydrogen (secondary N) is 1. The Morgan fingerprint density at radius 1 is 1.12 bits per heavy atom. The molecule has 0 bridgehead atoms. The van der Waals surface area contributed by atoms with Crippen LogP contribution in [0.2, 0.25) is 0 Å². The van der Waals surface area contributed by atoms with Crippen LogP contribution in [0.25, 0.3) is 0 Å². The fourth-order valence-corrected chi connectivity index (χ4v) is 2.81. The normalized spacial score (nSPS) is 13.3. The predicted octanol–water partition coefficient (Wildman–Crippen LogP) is 2.91. The molecule has 1 amide bonds. The van der Waals surface area contributed by atoms with E-state index in [1.807, 2.05) is 36.4 Å². The number of hydrogen-bond donors (Lipinski definition) is 1. The zero-order valence-electron chi connectivity index (χ0n) is 14.0. The molecule has 0 saturated carbocycles. The second-order valence-corrected chi connectivity index (χ2v) is 6.22. The third-order valence-corrected chi connectivity index (χ3v) is 4.17. The zero-order chi connectivity index (χ0) is 17.1. The molecule has 0 spiro atoms. The van der Waals surface area contributed by atoms with Crippen LogP contribution in [0.3, 0.4) is 0 Å². The number of aromatic nitrogens is 1.